The molecule has 0 N–H and O–H groups in total. The van der Waals surface area contributed by atoms with Crippen LogP contribution in [-0.4, -0.2) is 40.8 Å². The number of hydrogen-bond acceptors (Lipinski definition) is 4. The van der Waals surface area contributed by atoms with Gasteiger partial charge in [0, 0.05) is 18.2 Å². The first kappa shape index (κ1) is 14.4. The zero-order valence-corrected chi connectivity index (χ0v) is 13.9. The van der Waals surface area contributed by atoms with E-state index in [-0.39, 0.29) is 6.10 Å². The Bertz CT molecular complexity index is 735. The average molecular weight is 321 g/mol. The zero-order chi connectivity index (χ0) is 15.9. The van der Waals surface area contributed by atoms with Gasteiger partial charge in [-0.25, -0.2) is 0 Å². The minimum Gasteiger partial charge on any atom is -0.472 e. The number of hydrogen-bond donors (Lipinski definition) is 0. The molecule has 2 aromatic rings. The van der Waals surface area contributed by atoms with Crippen molar-refractivity contribution in [3.05, 3.63) is 41.5 Å². The van der Waals surface area contributed by atoms with Crippen LogP contribution in [0.4, 0.5) is 0 Å². The van der Waals surface area contributed by atoms with Crippen LogP contribution in [0.2, 0.25) is 0 Å². The SMILES string of the molecule is c1cc2c(cc1-c1ccc(OC3CN4CCC3CC4)nn1)CCC2. The van der Waals surface area contributed by atoms with Gasteiger partial charge in [-0.05, 0) is 74.4 Å². The molecule has 0 saturated carbocycles. The molecule has 6 rings (SSSR count). The summed E-state index contributed by atoms with van der Waals surface area (Å²) in [6.07, 6.45) is 6.48. The third-order valence-electron chi connectivity index (χ3n) is 5.90. The number of rotatable bonds is 3. The van der Waals surface area contributed by atoms with Gasteiger partial charge in [-0.2, -0.15) is 0 Å². The lowest BCUT2D eigenvalue weighted by Gasteiger charge is -2.44. The van der Waals surface area contributed by atoms with E-state index in [9.17, 15) is 0 Å². The van der Waals surface area contributed by atoms with Gasteiger partial charge in [0.15, 0.2) is 0 Å². The highest BCUT2D eigenvalue weighted by atomic mass is 16.5. The van der Waals surface area contributed by atoms with Crippen LogP contribution >= 0.6 is 0 Å². The molecule has 1 aromatic carbocycles. The Morgan fingerprint density at radius 2 is 1.83 bits per heavy atom. The van der Waals surface area contributed by atoms with E-state index in [4.69, 9.17) is 4.74 Å². The standard InChI is InChI=1S/C20H23N3O/c1-2-14-4-5-17(12-16(14)3-1)18-6-7-20(22-21-18)24-19-13-23-10-8-15(19)9-11-23/h4-7,12,15,19H,1-3,8-11,13H2. The molecular formula is C20H23N3O. The maximum absolute atomic E-state index is 6.14. The van der Waals surface area contributed by atoms with Crippen LogP contribution in [0.1, 0.15) is 30.4 Å². The highest BCUT2D eigenvalue weighted by Crippen LogP contribution is 2.31. The van der Waals surface area contributed by atoms with Gasteiger partial charge >= 0.3 is 0 Å². The van der Waals surface area contributed by atoms with Gasteiger partial charge in [-0.3, -0.25) is 4.90 Å². The third-order valence-corrected chi connectivity index (χ3v) is 5.90. The summed E-state index contributed by atoms with van der Waals surface area (Å²) in [6, 6.07) is 10.7. The van der Waals surface area contributed by atoms with Crippen LogP contribution in [0.5, 0.6) is 5.88 Å². The summed E-state index contributed by atoms with van der Waals surface area (Å²) in [5, 5.41) is 8.75. The fourth-order valence-corrected chi connectivity index (χ4v) is 4.47. The summed E-state index contributed by atoms with van der Waals surface area (Å²) in [7, 11) is 0. The molecule has 124 valence electrons. The van der Waals surface area contributed by atoms with Gasteiger partial charge < -0.3 is 4.74 Å². The predicted molar refractivity (Wildman–Crippen MR) is 93.1 cm³/mol. The number of ether oxygens (including phenoxy) is 1. The van der Waals surface area contributed by atoms with E-state index in [0.29, 0.717) is 11.8 Å². The van der Waals surface area contributed by atoms with Gasteiger partial charge in [0.05, 0.1) is 5.69 Å². The van der Waals surface area contributed by atoms with E-state index in [1.807, 2.05) is 12.1 Å². The van der Waals surface area contributed by atoms with Crippen LogP contribution in [0.25, 0.3) is 11.3 Å². The first-order valence-corrected chi connectivity index (χ1v) is 9.20. The summed E-state index contributed by atoms with van der Waals surface area (Å²) >= 11 is 0. The number of fused-ring (bicyclic) bond motifs is 4. The average Bonchev–Trinajstić information content (AvgIpc) is 3.11. The van der Waals surface area contributed by atoms with E-state index in [1.165, 1.54) is 56.3 Å². The van der Waals surface area contributed by atoms with Gasteiger partial charge in [0.1, 0.15) is 6.10 Å². The maximum Gasteiger partial charge on any atom is 0.233 e. The van der Waals surface area contributed by atoms with Gasteiger partial charge in [-0.1, -0.05) is 12.1 Å². The Balaban J connectivity index is 1.32. The Hall–Kier alpha value is -1.94. The van der Waals surface area contributed by atoms with E-state index in [1.54, 1.807) is 0 Å². The van der Waals surface area contributed by atoms with Crippen LogP contribution in [0, 0.1) is 5.92 Å². The Morgan fingerprint density at radius 1 is 0.958 bits per heavy atom. The van der Waals surface area contributed by atoms with Gasteiger partial charge in [0.25, 0.3) is 0 Å². The summed E-state index contributed by atoms with van der Waals surface area (Å²) < 4.78 is 6.14. The van der Waals surface area contributed by atoms with E-state index in [0.717, 1.165) is 17.8 Å². The largest absolute Gasteiger partial charge is 0.472 e. The molecule has 0 amide bonds. The second kappa shape index (κ2) is 5.85. The molecule has 1 aliphatic carbocycles. The monoisotopic (exact) mass is 321 g/mol. The Labute approximate surface area is 142 Å². The molecule has 3 aliphatic heterocycles. The van der Waals surface area contributed by atoms with Crippen molar-refractivity contribution in [3.63, 3.8) is 0 Å². The molecule has 4 heteroatoms. The molecule has 4 aliphatic rings. The highest BCUT2D eigenvalue weighted by molar-refractivity contribution is 5.61. The van der Waals surface area contributed by atoms with Crippen LogP contribution in [0.3, 0.4) is 0 Å². The molecule has 2 bridgehead atoms. The smallest absolute Gasteiger partial charge is 0.233 e. The summed E-state index contributed by atoms with van der Waals surface area (Å²) in [5.74, 6) is 1.35. The van der Waals surface area contributed by atoms with Gasteiger partial charge in [0.2, 0.25) is 5.88 Å². The van der Waals surface area contributed by atoms with Crippen molar-refractivity contribution in [2.45, 2.75) is 38.2 Å². The number of aromatic nitrogens is 2. The number of piperidine rings is 3. The molecule has 1 aromatic heterocycles. The third kappa shape index (κ3) is 2.59. The van der Waals surface area contributed by atoms with E-state index in [2.05, 4.69) is 33.3 Å². The fraction of sp³-hybridized carbons (Fsp3) is 0.500. The molecule has 3 fully saturated rings. The number of benzene rings is 1. The molecule has 0 radical (unpaired) electrons. The van der Waals surface area contributed by atoms with Crippen molar-refractivity contribution >= 4 is 0 Å². The van der Waals surface area contributed by atoms with Crippen molar-refractivity contribution in [2.75, 3.05) is 19.6 Å². The highest BCUT2D eigenvalue weighted by Gasteiger charge is 2.35. The van der Waals surface area contributed by atoms with Crippen molar-refractivity contribution in [1.82, 2.24) is 15.1 Å². The minimum absolute atomic E-state index is 0.285. The minimum atomic E-state index is 0.285. The van der Waals surface area contributed by atoms with Crippen LogP contribution in [0.15, 0.2) is 30.3 Å². The van der Waals surface area contributed by atoms with Crippen molar-refractivity contribution in [3.8, 4) is 17.1 Å². The van der Waals surface area contributed by atoms with Crippen LogP contribution in [-0.2, 0) is 12.8 Å². The normalized spacial score (nSPS) is 27.9. The summed E-state index contributed by atoms with van der Waals surface area (Å²) in [6.45, 7) is 3.50. The van der Waals surface area contributed by atoms with E-state index < -0.39 is 0 Å². The maximum atomic E-state index is 6.14. The molecule has 1 atom stereocenters. The first-order chi connectivity index (χ1) is 11.8. The number of nitrogens with zero attached hydrogens (tertiary/aromatic N) is 3. The topological polar surface area (TPSA) is 38.2 Å². The summed E-state index contributed by atoms with van der Waals surface area (Å²) in [4.78, 5) is 2.50. The molecule has 0 spiro atoms. The lowest BCUT2D eigenvalue weighted by Crippen LogP contribution is -2.52. The predicted octanol–water partition coefficient (Wildman–Crippen LogP) is 3.11. The summed E-state index contributed by atoms with van der Waals surface area (Å²) in [5.41, 5.74) is 5.07. The molecule has 4 nitrogen and oxygen atoms in total. The van der Waals surface area contributed by atoms with Gasteiger partial charge in [-0.15, -0.1) is 10.2 Å². The van der Waals surface area contributed by atoms with E-state index >= 15 is 0 Å². The molecule has 3 saturated heterocycles. The lowest BCUT2D eigenvalue weighted by atomic mass is 9.86. The zero-order valence-electron chi connectivity index (χ0n) is 13.9. The van der Waals surface area contributed by atoms with Crippen molar-refractivity contribution in [1.29, 1.82) is 0 Å². The molecule has 4 heterocycles. The first-order valence-electron chi connectivity index (χ1n) is 9.20. The number of aryl methyl sites for hydroxylation is 2. The second-order valence-corrected chi connectivity index (χ2v) is 7.39. The molecule has 24 heavy (non-hydrogen) atoms. The fourth-order valence-electron chi connectivity index (χ4n) is 4.47. The van der Waals surface area contributed by atoms with Crippen LogP contribution < -0.4 is 4.74 Å². The van der Waals surface area contributed by atoms with Crippen molar-refractivity contribution in [2.24, 2.45) is 5.92 Å². The molecular weight excluding hydrogens is 298 g/mol. The quantitative estimate of drug-likeness (QED) is 0.871. The Kier molecular flexibility index (Phi) is 3.51. The second-order valence-electron chi connectivity index (χ2n) is 7.39. The lowest BCUT2D eigenvalue weighted by molar-refractivity contribution is -0.0103. The Morgan fingerprint density at radius 3 is 2.58 bits per heavy atom. The van der Waals surface area contributed by atoms with Crippen molar-refractivity contribution < 1.29 is 4.74 Å². The molecule has 1 unspecified atom stereocenters.